The van der Waals surface area contributed by atoms with Gasteiger partial charge in [0.15, 0.2) is 0 Å². The van der Waals surface area contributed by atoms with Crippen molar-refractivity contribution in [2.45, 2.75) is 12.5 Å². The van der Waals surface area contributed by atoms with Crippen molar-refractivity contribution in [3.8, 4) is 5.75 Å². The minimum atomic E-state index is -0.286. The topological polar surface area (TPSA) is 59.0 Å². The summed E-state index contributed by atoms with van der Waals surface area (Å²) in [5.41, 5.74) is 0.762. The molecule has 1 aliphatic heterocycles. The molecule has 1 fully saturated rings. The number of benzene rings is 1. The third kappa shape index (κ3) is 2.34. The molecule has 1 amide bonds. The molecule has 5 nitrogen and oxygen atoms in total. The first-order valence-electron chi connectivity index (χ1n) is 5.26. The van der Waals surface area contributed by atoms with Crippen LogP contribution < -0.4 is 9.64 Å². The Morgan fingerprint density at radius 3 is 3.06 bits per heavy atom. The molecule has 1 saturated heterocycles. The van der Waals surface area contributed by atoms with Crippen LogP contribution >= 0.6 is 0 Å². The molecule has 0 saturated carbocycles. The summed E-state index contributed by atoms with van der Waals surface area (Å²) in [6.07, 6.45) is 1.75. The smallest absolute Gasteiger partial charge is 0.235 e. The van der Waals surface area contributed by atoms with Crippen LogP contribution in [0.2, 0.25) is 0 Å². The number of nitrogens with zero attached hydrogens (tertiary/aromatic N) is 2. The summed E-state index contributed by atoms with van der Waals surface area (Å²) in [7, 11) is 1.57. The first-order valence-corrected chi connectivity index (χ1v) is 5.26. The van der Waals surface area contributed by atoms with Crippen LogP contribution in [0.3, 0.4) is 0 Å². The number of carbonyl (C=O) groups excluding carboxylic acids is 2. The first-order chi connectivity index (χ1) is 8.24. The quantitative estimate of drug-likeness (QED) is 0.580. The predicted molar refractivity (Wildman–Crippen MR) is 61.9 cm³/mol. The summed E-state index contributed by atoms with van der Waals surface area (Å²) < 4.78 is 5.10. The Kier molecular flexibility index (Phi) is 3.21. The average molecular weight is 232 g/mol. The second-order valence-corrected chi connectivity index (χ2v) is 3.78. The van der Waals surface area contributed by atoms with E-state index in [1.54, 1.807) is 18.1 Å². The molecule has 0 aromatic heterocycles. The summed E-state index contributed by atoms with van der Waals surface area (Å²) in [6.45, 7) is 0.418. The molecule has 1 heterocycles. The van der Waals surface area contributed by atoms with Gasteiger partial charge in [0.2, 0.25) is 12.0 Å². The van der Waals surface area contributed by atoms with Crippen molar-refractivity contribution in [2.75, 3.05) is 18.6 Å². The molecule has 0 aliphatic carbocycles. The van der Waals surface area contributed by atoms with Gasteiger partial charge in [0.25, 0.3) is 0 Å². The highest BCUT2D eigenvalue weighted by Gasteiger charge is 2.30. The molecule has 5 heteroatoms. The minimum Gasteiger partial charge on any atom is -0.497 e. The first kappa shape index (κ1) is 11.4. The number of amides is 1. The van der Waals surface area contributed by atoms with E-state index in [-0.39, 0.29) is 18.4 Å². The summed E-state index contributed by atoms with van der Waals surface area (Å²) in [5, 5.41) is 0. The Morgan fingerprint density at radius 2 is 2.35 bits per heavy atom. The van der Waals surface area contributed by atoms with E-state index in [1.165, 1.54) is 6.08 Å². The van der Waals surface area contributed by atoms with Crippen LogP contribution in [0.1, 0.15) is 6.42 Å². The van der Waals surface area contributed by atoms with Crippen molar-refractivity contribution in [1.29, 1.82) is 0 Å². The van der Waals surface area contributed by atoms with Crippen LogP contribution in [-0.4, -0.2) is 31.7 Å². The van der Waals surface area contributed by atoms with Crippen LogP contribution in [0.15, 0.2) is 29.3 Å². The van der Waals surface area contributed by atoms with E-state index in [2.05, 4.69) is 4.99 Å². The summed E-state index contributed by atoms with van der Waals surface area (Å²) in [5.74, 6) is 0.653. The number of hydrogen-bond donors (Lipinski definition) is 0. The number of methoxy groups -OCH3 is 1. The zero-order valence-corrected chi connectivity index (χ0v) is 9.42. The molecule has 0 spiro atoms. The van der Waals surface area contributed by atoms with Crippen LogP contribution in [0.4, 0.5) is 5.69 Å². The Balaban J connectivity index is 2.22. The van der Waals surface area contributed by atoms with E-state index in [0.717, 1.165) is 5.69 Å². The molecule has 0 N–H and O–H groups in total. The van der Waals surface area contributed by atoms with Crippen molar-refractivity contribution < 1.29 is 14.3 Å². The number of hydrogen-bond acceptors (Lipinski definition) is 4. The standard InChI is InChI=1S/C12H12N2O3/c1-17-11-4-2-3-10(6-11)14-7-9(13-8-15)5-12(14)16/h2-4,6,9H,5,7H2,1H3. The van der Waals surface area contributed by atoms with Gasteiger partial charge in [-0.15, -0.1) is 0 Å². The van der Waals surface area contributed by atoms with Crippen LogP contribution in [0.5, 0.6) is 5.75 Å². The highest BCUT2D eigenvalue weighted by atomic mass is 16.5. The predicted octanol–water partition coefficient (Wildman–Crippen LogP) is 1.14. The lowest BCUT2D eigenvalue weighted by atomic mass is 10.3. The van der Waals surface area contributed by atoms with Crippen molar-refractivity contribution in [3.05, 3.63) is 24.3 Å². The van der Waals surface area contributed by atoms with E-state index in [9.17, 15) is 9.59 Å². The van der Waals surface area contributed by atoms with Crippen molar-refractivity contribution in [3.63, 3.8) is 0 Å². The number of anilines is 1. The fourth-order valence-electron chi connectivity index (χ4n) is 1.88. The number of ether oxygens (including phenoxy) is 1. The second-order valence-electron chi connectivity index (χ2n) is 3.78. The van der Waals surface area contributed by atoms with Gasteiger partial charge in [-0.25, -0.2) is 9.79 Å². The number of aliphatic imine (C=N–C) groups is 1. The van der Waals surface area contributed by atoms with Gasteiger partial charge in [0.1, 0.15) is 5.75 Å². The highest BCUT2D eigenvalue weighted by Crippen LogP contribution is 2.26. The average Bonchev–Trinajstić information content (AvgIpc) is 2.71. The van der Waals surface area contributed by atoms with E-state index < -0.39 is 0 Å². The van der Waals surface area contributed by atoms with Crippen LogP contribution in [0, 0.1) is 0 Å². The second kappa shape index (κ2) is 4.80. The Hall–Kier alpha value is -2.13. The Morgan fingerprint density at radius 1 is 1.53 bits per heavy atom. The SMILES string of the molecule is COc1cccc(N2CC(N=C=O)CC2=O)c1. The normalized spacial score (nSPS) is 19.0. The summed E-state index contributed by atoms with van der Waals surface area (Å²) in [4.78, 5) is 27.1. The number of carbonyl (C=O) groups is 1. The zero-order valence-electron chi connectivity index (χ0n) is 9.42. The van der Waals surface area contributed by atoms with E-state index >= 15 is 0 Å². The van der Waals surface area contributed by atoms with Crippen LogP contribution in [-0.2, 0) is 9.59 Å². The monoisotopic (exact) mass is 232 g/mol. The van der Waals surface area contributed by atoms with Crippen molar-refractivity contribution in [1.82, 2.24) is 0 Å². The maximum Gasteiger partial charge on any atom is 0.235 e. The molecule has 1 unspecified atom stereocenters. The largest absolute Gasteiger partial charge is 0.497 e. The van der Waals surface area contributed by atoms with Gasteiger partial charge in [-0.3, -0.25) is 4.79 Å². The van der Waals surface area contributed by atoms with Gasteiger partial charge < -0.3 is 9.64 Å². The molecule has 17 heavy (non-hydrogen) atoms. The third-order valence-corrected chi connectivity index (χ3v) is 2.70. The lowest BCUT2D eigenvalue weighted by Gasteiger charge is -2.16. The fourth-order valence-corrected chi connectivity index (χ4v) is 1.88. The van der Waals surface area contributed by atoms with E-state index in [1.807, 2.05) is 18.2 Å². The van der Waals surface area contributed by atoms with Gasteiger partial charge in [0.05, 0.1) is 19.6 Å². The minimum absolute atomic E-state index is 0.0396. The van der Waals surface area contributed by atoms with E-state index in [0.29, 0.717) is 12.3 Å². The molecule has 1 aromatic rings. The molecule has 1 atom stereocenters. The van der Waals surface area contributed by atoms with E-state index in [4.69, 9.17) is 4.74 Å². The molecule has 2 rings (SSSR count). The van der Waals surface area contributed by atoms with Crippen molar-refractivity contribution >= 4 is 17.7 Å². The maximum absolute atomic E-state index is 11.8. The lowest BCUT2D eigenvalue weighted by molar-refractivity contribution is -0.117. The van der Waals surface area contributed by atoms with Gasteiger partial charge >= 0.3 is 0 Å². The molecule has 0 radical (unpaired) electrons. The number of rotatable bonds is 3. The van der Waals surface area contributed by atoms with Gasteiger partial charge in [0, 0.05) is 18.3 Å². The molecular formula is C12H12N2O3. The van der Waals surface area contributed by atoms with Crippen LogP contribution in [0.25, 0.3) is 0 Å². The van der Waals surface area contributed by atoms with Gasteiger partial charge in [-0.05, 0) is 12.1 Å². The highest BCUT2D eigenvalue weighted by molar-refractivity contribution is 5.96. The lowest BCUT2D eigenvalue weighted by Crippen LogP contribution is -2.24. The summed E-state index contributed by atoms with van der Waals surface area (Å²) in [6, 6.07) is 6.95. The van der Waals surface area contributed by atoms with Crippen molar-refractivity contribution in [2.24, 2.45) is 4.99 Å². The third-order valence-electron chi connectivity index (χ3n) is 2.70. The number of isocyanates is 1. The fraction of sp³-hybridized carbons (Fsp3) is 0.333. The van der Waals surface area contributed by atoms with Gasteiger partial charge in [-0.2, -0.15) is 0 Å². The zero-order chi connectivity index (χ0) is 12.3. The molecule has 1 aliphatic rings. The molecule has 88 valence electrons. The molecule has 1 aromatic carbocycles. The summed E-state index contributed by atoms with van der Waals surface area (Å²) >= 11 is 0. The Labute approximate surface area is 98.7 Å². The molecular weight excluding hydrogens is 220 g/mol. The molecule has 0 bridgehead atoms. The Bertz CT molecular complexity index is 480. The van der Waals surface area contributed by atoms with Gasteiger partial charge in [-0.1, -0.05) is 6.07 Å². The maximum atomic E-state index is 11.8.